The zero-order chi connectivity index (χ0) is 6.69. The largest absolute Gasteiger partial charge is 0.481 e. The lowest BCUT2D eigenvalue weighted by Crippen LogP contribution is -2.22. The molecule has 0 aliphatic carbocycles. The number of halogens is 1. The minimum Gasteiger partial charge on any atom is -0.481 e. The number of hydrogen-bond acceptors (Lipinski definition) is 2. The lowest BCUT2D eigenvalue weighted by atomic mass is 10.0. The molecule has 1 unspecified atom stereocenters. The molecule has 0 radical (unpaired) electrons. The highest BCUT2D eigenvalue weighted by atomic mass is 35.5. The molecule has 0 fully saturated rings. The average molecular weight is 164 g/mol. The second-order valence-corrected chi connectivity index (χ2v) is 2.05. The van der Waals surface area contributed by atoms with E-state index in [2.05, 4.69) is 5.32 Å². The summed E-state index contributed by atoms with van der Waals surface area (Å²) in [5.74, 6) is -1.00. The SMILES string of the molecule is Cl.O=C(O)C1C=CNCC1. The number of carbonyl (C=O) groups is 1. The van der Waals surface area contributed by atoms with Crippen LogP contribution in [0.2, 0.25) is 0 Å². The molecule has 0 amide bonds. The van der Waals surface area contributed by atoms with Crippen LogP contribution in [0, 0.1) is 5.92 Å². The van der Waals surface area contributed by atoms with Crippen LogP contribution in [0.4, 0.5) is 0 Å². The average Bonchev–Trinajstić information content (AvgIpc) is 1.90. The minimum absolute atomic E-state index is 0. The molecule has 0 bridgehead atoms. The fraction of sp³-hybridized carbons (Fsp3) is 0.500. The van der Waals surface area contributed by atoms with E-state index in [9.17, 15) is 4.79 Å². The van der Waals surface area contributed by atoms with Crippen LogP contribution in [0.3, 0.4) is 0 Å². The van der Waals surface area contributed by atoms with Crippen LogP contribution in [0.5, 0.6) is 0 Å². The first-order valence-electron chi connectivity index (χ1n) is 2.93. The Morgan fingerprint density at radius 3 is 2.70 bits per heavy atom. The molecule has 1 aliphatic rings. The van der Waals surface area contributed by atoms with E-state index in [4.69, 9.17) is 5.11 Å². The van der Waals surface area contributed by atoms with Gasteiger partial charge in [0.05, 0.1) is 5.92 Å². The van der Waals surface area contributed by atoms with E-state index in [-0.39, 0.29) is 18.3 Å². The van der Waals surface area contributed by atoms with Crippen molar-refractivity contribution in [1.82, 2.24) is 5.32 Å². The Bertz CT molecular complexity index is 147. The molecular weight excluding hydrogens is 154 g/mol. The van der Waals surface area contributed by atoms with Crippen molar-refractivity contribution in [2.45, 2.75) is 6.42 Å². The molecular formula is C6H10ClNO2. The smallest absolute Gasteiger partial charge is 0.310 e. The zero-order valence-electron chi connectivity index (χ0n) is 5.41. The predicted molar refractivity (Wildman–Crippen MR) is 40.1 cm³/mol. The van der Waals surface area contributed by atoms with Crippen LogP contribution in [0.1, 0.15) is 6.42 Å². The van der Waals surface area contributed by atoms with Gasteiger partial charge in [0.15, 0.2) is 0 Å². The van der Waals surface area contributed by atoms with E-state index in [1.165, 1.54) is 0 Å². The van der Waals surface area contributed by atoms with Gasteiger partial charge in [-0.15, -0.1) is 12.4 Å². The quantitative estimate of drug-likeness (QED) is 0.596. The number of nitrogens with one attached hydrogen (secondary N) is 1. The number of carboxylic acid groups (broad SMARTS) is 1. The monoisotopic (exact) mass is 163 g/mol. The van der Waals surface area contributed by atoms with Crippen LogP contribution in [-0.4, -0.2) is 17.6 Å². The molecule has 1 rings (SSSR count). The minimum atomic E-state index is -0.729. The van der Waals surface area contributed by atoms with Crippen molar-refractivity contribution < 1.29 is 9.90 Å². The standard InChI is InChI=1S/C6H9NO2.ClH/c8-6(9)5-1-3-7-4-2-5;/h1,3,5,7H,2,4H2,(H,8,9);1H. The molecule has 0 spiro atoms. The van der Waals surface area contributed by atoms with Crippen molar-refractivity contribution in [3.05, 3.63) is 12.3 Å². The first-order chi connectivity index (χ1) is 4.30. The number of hydrogen-bond donors (Lipinski definition) is 2. The lowest BCUT2D eigenvalue weighted by Gasteiger charge is -2.11. The number of aliphatic carboxylic acids is 1. The number of carboxylic acids is 1. The van der Waals surface area contributed by atoms with Crippen molar-refractivity contribution in [1.29, 1.82) is 0 Å². The molecule has 1 atom stereocenters. The van der Waals surface area contributed by atoms with Gasteiger partial charge in [-0.05, 0) is 12.6 Å². The van der Waals surface area contributed by atoms with Gasteiger partial charge in [-0.2, -0.15) is 0 Å². The zero-order valence-corrected chi connectivity index (χ0v) is 6.23. The molecule has 0 aromatic heterocycles. The maximum atomic E-state index is 10.3. The van der Waals surface area contributed by atoms with Crippen LogP contribution in [0.25, 0.3) is 0 Å². The summed E-state index contributed by atoms with van der Waals surface area (Å²) in [5, 5.41) is 11.4. The molecule has 0 aromatic carbocycles. The second kappa shape index (κ2) is 4.17. The molecule has 2 N–H and O–H groups in total. The molecule has 0 saturated heterocycles. The van der Waals surface area contributed by atoms with Crippen molar-refractivity contribution in [2.75, 3.05) is 6.54 Å². The molecule has 58 valence electrons. The van der Waals surface area contributed by atoms with Gasteiger partial charge in [0, 0.05) is 6.54 Å². The second-order valence-electron chi connectivity index (χ2n) is 2.05. The highest BCUT2D eigenvalue weighted by Crippen LogP contribution is 2.06. The van der Waals surface area contributed by atoms with Gasteiger partial charge in [-0.25, -0.2) is 0 Å². The fourth-order valence-electron chi connectivity index (χ4n) is 0.808. The molecule has 4 heteroatoms. The highest BCUT2D eigenvalue weighted by molar-refractivity contribution is 5.85. The van der Waals surface area contributed by atoms with Gasteiger partial charge in [0.25, 0.3) is 0 Å². The van der Waals surface area contributed by atoms with E-state index in [0.717, 1.165) is 6.54 Å². The van der Waals surface area contributed by atoms with Crippen LogP contribution >= 0.6 is 12.4 Å². The molecule has 10 heavy (non-hydrogen) atoms. The van der Waals surface area contributed by atoms with Gasteiger partial charge in [-0.1, -0.05) is 6.08 Å². The van der Waals surface area contributed by atoms with Gasteiger partial charge in [0.2, 0.25) is 0 Å². The van der Waals surface area contributed by atoms with E-state index in [0.29, 0.717) is 6.42 Å². The first-order valence-corrected chi connectivity index (χ1v) is 2.93. The Balaban J connectivity index is 0.000000810. The van der Waals surface area contributed by atoms with Crippen LogP contribution in [0.15, 0.2) is 12.3 Å². The molecule has 1 aliphatic heterocycles. The Morgan fingerprint density at radius 1 is 1.70 bits per heavy atom. The normalized spacial score (nSPS) is 22.6. The van der Waals surface area contributed by atoms with Crippen molar-refractivity contribution in [2.24, 2.45) is 5.92 Å². The summed E-state index contributed by atoms with van der Waals surface area (Å²) in [4.78, 5) is 10.3. The van der Waals surface area contributed by atoms with Gasteiger partial charge in [-0.3, -0.25) is 4.79 Å². The van der Waals surface area contributed by atoms with Crippen molar-refractivity contribution >= 4 is 18.4 Å². The maximum Gasteiger partial charge on any atom is 0.310 e. The third kappa shape index (κ3) is 2.27. The van der Waals surface area contributed by atoms with E-state index in [1.54, 1.807) is 12.3 Å². The summed E-state index contributed by atoms with van der Waals surface area (Å²) in [6.45, 7) is 0.771. The third-order valence-corrected chi connectivity index (χ3v) is 1.36. The van der Waals surface area contributed by atoms with E-state index >= 15 is 0 Å². The van der Waals surface area contributed by atoms with E-state index < -0.39 is 5.97 Å². The summed E-state index contributed by atoms with van der Waals surface area (Å²) in [6, 6.07) is 0. The molecule has 3 nitrogen and oxygen atoms in total. The van der Waals surface area contributed by atoms with Gasteiger partial charge in [0.1, 0.15) is 0 Å². The van der Waals surface area contributed by atoms with E-state index in [1.807, 2.05) is 0 Å². The number of rotatable bonds is 1. The van der Waals surface area contributed by atoms with Crippen LogP contribution < -0.4 is 5.32 Å². The third-order valence-electron chi connectivity index (χ3n) is 1.36. The fourth-order valence-corrected chi connectivity index (χ4v) is 0.808. The Morgan fingerprint density at radius 2 is 2.40 bits per heavy atom. The molecule has 1 heterocycles. The molecule has 0 aromatic rings. The van der Waals surface area contributed by atoms with Crippen LogP contribution in [-0.2, 0) is 4.79 Å². The summed E-state index contributed by atoms with van der Waals surface area (Å²) < 4.78 is 0. The first kappa shape index (κ1) is 9.30. The Kier molecular flexibility index (Phi) is 3.88. The Hall–Kier alpha value is -0.700. The van der Waals surface area contributed by atoms with Gasteiger partial charge < -0.3 is 10.4 Å². The van der Waals surface area contributed by atoms with Crippen molar-refractivity contribution in [3.63, 3.8) is 0 Å². The molecule has 0 saturated carbocycles. The topological polar surface area (TPSA) is 49.3 Å². The summed E-state index contributed by atoms with van der Waals surface area (Å²) >= 11 is 0. The maximum absolute atomic E-state index is 10.3. The van der Waals surface area contributed by atoms with Crippen molar-refractivity contribution in [3.8, 4) is 0 Å². The highest BCUT2D eigenvalue weighted by Gasteiger charge is 2.14. The lowest BCUT2D eigenvalue weighted by molar-refractivity contribution is -0.140. The predicted octanol–water partition coefficient (Wildman–Crippen LogP) is 0.616. The summed E-state index contributed by atoms with van der Waals surface area (Å²) in [7, 11) is 0. The summed E-state index contributed by atoms with van der Waals surface area (Å²) in [6.07, 6.45) is 4.07. The summed E-state index contributed by atoms with van der Waals surface area (Å²) in [5.41, 5.74) is 0. The van der Waals surface area contributed by atoms with Gasteiger partial charge >= 0.3 is 5.97 Å². The Labute approximate surface area is 65.5 Å².